The van der Waals surface area contributed by atoms with Crippen molar-refractivity contribution in [3.05, 3.63) is 57.3 Å². The lowest BCUT2D eigenvalue weighted by atomic mass is 10.3. The van der Waals surface area contributed by atoms with Gasteiger partial charge >= 0.3 is 5.88 Å². The van der Waals surface area contributed by atoms with E-state index >= 15 is 0 Å². The SMILES string of the molecule is CCc1nnc(NS(=O)(=O)c2ccc(NC(=O)c3ccc([N+](=O)[O-])o3)cc2)s1. The van der Waals surface area contributed by atoms with Gasteiger partial charge in [0.25, 0.3) is 15.9 Å². The van der Waals surface area contributed by atoms with Crippen LogP contribution in [0.2, 0.25) is 0 Å². The molecule has 0 atom stereocenters. The summed E-state index contributed by atoms with van der Waals surface area (Å²) in [6.45, 7) is 1.88. The first kappa shape index (κ1) is 19.4. The summed E-state index contributed by atoms with van der Waals surface area (Å²) in [4.78, 5) is 21.8. The maximum absolute atomic E-state index is 12.4. The van der Waals surface area contributed by atoms with Crippen LogP contribution in [0.25, 0.3) is 0 Å². The van der Waals surface area contributed by atoms with Gasteiger partial charge in [0, 0.05) is 5.69 Å². The van der Waals surface area contributed by atoms with Crippen LogP contribution in [-0.4, -0.2) is 29.4 Å². The Labute approximate surface area is 162 Å². The number of hydrogen-bond acceptors (Lipinski definition) is 9. The molecule has 0 saturated carbocycles. The van der Waals surface area contributed by atoms with Gasteiger partial charge in [0.05, 0.1) is 11.0 Å². The average Bonchev–Trinajstić information content (AvgIpc) is 3.31. The third-order valence-electron chi connectivity index (χ3n) is 3.41. The van der Waals surface area contributed by atoms with Gasteiger partial charge in [-0.1, -0.05) is 18.3 Å². The van der Waals surface area contributed by atoms with Gasteiger partial charge in [-0.3, -0.25) is 19.6 Å². The zero-order valence-electron chi connectivity index (χ0n) is 14.3. The Morgan fingerprint density at radius 1 is 1.21 bits per heavy atom. The van der Waals surface area contributed by atoms with Crippen molar-refractivity contribution in [1.29, 1.82) is 0 Å². The fourth-order valence-corrected chi connectivity index (χ4v) is 3.98. The number of carbonyl (C=O) groups excluding carboxylic acids is 1. The van der Waals surface area contributed by atoms with E-state index in [0.717, 1.165) is 17.4 Å². The quantitative estimate of drug-likeness (QED) is 0.433. The molecule has 0 spiro atoms. The van der Waals surface area contributed by atoms with E-state index in [1.54, 1.807) is 0 Å². The molecular weight excluding hydrogens is 410 g/mol. The minimum atomic E-state index is -3.86. The molecule has 0 aliphatic carbocycles. The Bertz CT molecular complexity index is 1120. The third kappa shape index (κ3) is 4.32. The Morgan fingerprint density at radius 3 is 2.50 bits per heavy atom. The summed E-state index contributed by atoms with van der Waals surface area (Å²) in [5, 5.41) is 21.5. The summed E-state index contributed by atoms with van der Waals surface area (Å²) in [6.07, 6.45) is 0.645. The minimum absolute atomic E-state index is 0.0348. The lowest BCUT2D eigenvalue weighted by Gasteiger charge is -2.07. The molecule has 0 bridgehead atoms. The second kappa shape index (κ2) is 7.74. The Balaban J connectivity index is 1.69. The van der Waals surface area contributed by atoms with E-state index in [2.05, 4.69) is 20.2 Å². The number of nitrogens with zero attached hydrogens (tertiary/aromatic N) is 3. The fraction of sp³-hybridized carbons (Fsp3) is 0.133. The number of carbonyl (C=O) groups is 1. The topological polar surface area (TPSA) is 157 Å². The summed E-state index contributed by atoms with van der Waals surface area (Å²) in [5.41, 5.74) is 0.284. The molecule has 1 amide bonds. The number of hydrogen-bond donors (Lipinski definition) is 2. The Hall–Kier alpha value is -3.32. The maximum Gasteiger partial charge on any atom is 0.433 e. The lowest BCUT2D eigenvalue weighted by Crippen LogP contribution is -2.14. The number of aryl methyl sites for hydroxylation is 1. The summed E-state index contributed by atoms with van der Waals surface area (Å²) in [6, 6.07) is 7.58. The first-order valence-corrected chi connectivity index (χ1v) is 10.1. The van der Waals surface area contributed by atoms with Crippen LogP contribution in [0.1, 0.15) is 22.5 Å². The van der Waals surface area contributed by atoms with Crippen molar-refractivity contribution in [1.82, 2.24) is 10.2 Å². The average molecular weight is 423 g/mol. The predicted octanol–water partition coefficient (Wildman–Crippen LogP) is 2.65. The molecule has 0 saturated heterocycles. The number of nitrogens with one attached hydrogen (secondary N) is 2. The Kier molecular flexibility index (Phi) is 5.37. The van der Waals surface area contributed by atoms with Crippen molar-refractivity contribution in [2.75, 3.05) is 10.0 Å². The van der Waals surface area contributed by atoms with Crippen molar-refractivity contribution >= 4 is 44.0 Å². The molecule has 1 aromatic carbocycles. The van der Waals surface area contributed by atoms with Crippen molar-refractivity contribution < 1.29 is 22.6 Å². The number of anilines is 2. The predicted molar refractivity (Wildman–Crippen MR) is 99.9 cm³/mol. The molecule has 146 valence electrons. The number of benzene rings is 1. The van der Waals surface area contributed by atoms with Gasteiger partial charge in [0.1, 0.15) is 9.93 Å². The molecule has 0 aliphatic heterocycles. The van der Waals surface area contributed by atoms with E-state index in [9.17, 15) is 23.3 Å². The fourth-order valence-electron chi connectivity index (χ4n) is 2.07. The largest absolute Gasteiger partial charge is 0.433 e. The van der Waals surface area contributed by atoms with Gasteiger partial charge in [0.2, 0.25) is 5.13 Å². The summed E-state index contributed by atoms with van der Waals surface area (Å²) in [7, 11) is -3.86. The molecule has 28 heavy (non-hydrogen) atoms. The first-order valence-electron chi connectivity index (χ1n) is 7.79. The molecule has 0 radical (unpaired) electrons. The summed E-state index contributed by atoms with van der Waals surface area (Å²) in [5.74, 6) is -1.50. The number of furan rings is 1. The molecule has 3 aromatic rings. The molecule has 2 heterocycles. The van der Waals surface area contributed by atoms with Gasteiger partial charge in [-0.05, 0) is 36.8 Å². The van der Waals surface area contributed by atoms with Gasteiger partial charge in [-0.2, -0.15) is 0 Å². The number of sulfonamides is 1. The molecule has 11 nitrogen and oxygen atoms in total. The number of rotatable bonds is 7. The molecule has 0 aliphatic rings. The van der Waals surface area contributed by atoms with Crippen molar-refractivity contribution in [2.45, 2.75) is 18.2 Å². The van der Waals surface area contributed by atoms with Crippen molar-refractivity contribution in [3.8, 4) is 0 Å². The maximum atomic E-state index is 12.4. The lowest BCUT2D eigenvalue weighted by molar-refractivity contribution is -0.402. The molecule has 13 heteroatoms. The highest BCUT2D eigenvalue weighted by Gasteiger charge is 2.19. The molecule has 2 aromatic heterocycles. The van der Waals surface area contributed by atoms with Gasteiger partial charge in [-0.15, -0.1) is 10.2 Å². The molecular formula is C15H13N5O6S2. The van der Waals surface area contributed by atoms with Gasteiger partial charge in [0.15, 0.2) is 5.76 Å². The van der Waals surface area contributed by atoms with Crippen molar-refractivity contribution in [3.63, 3.8) is 0 Å². The first-order chi connectivity index (χ1) is 13.3. The highest BCUT2D eigenvalue weighted by atomic mass is 32.2. The van der Waals surface area contributed by atoms with Crippen molar-refractivity contribution in [2.24, 2.45) is 0 Å². The zero-order valence-corrected chi connectivity index (χ0v) is 15.9. The van der Waals surface area contributed by atoms with E-state index in [1.807, 2.05) is 6.92 Å². The number of nitro groups is 1. The Morgan fingerprint density at radius 2 is 1.93 bits per heavy atom. The monoisotopic (exact) mass is 423 g/mol. The zero-order chi connectivity index (χ0) is 20.3. The smallest absolute Gasteiger partial charge is 0.395 e. The normalized spacial score (nSPS) is 11.2. The van der Waals surface area contributed by atoms with Crippen LogP contribution in [-0.2, 0) is 16.4 Å². The second-order valence-corrected chi connectivity index (χ2v) is 8.08. The van der Waals surface area contributed by atoms with Crippen LogP contribution in [0.4, 0.5) is 16.7 Å². The number of aromatic nitrogens is 2. The van der Waals surface area contributed by atoms with E-state index in [0.29, 0.717) is 11.4 Å². The minimum Gasteiger partial charge on any atom is -0.395 e. The number of amides is 1. The van der Waals surface area contributed by atoms with Crippen LogP contribution < -0.4 is 10.0 Å². The second-order valence-electron chi connectivity index (χ2n) is 5.33. The molecule has 0 fully saturated rings. The highest BCUT2D eigenvalue weighted by molar-refractivity contribution is 7.93. The van der Waals surface area contributed by atoms with E-state index in [1.165, 1.54) is 30.3 Å². The van der Waals surface area contributed by atoms with Gasteiger partial charge < -0.3 is 9.73 Å². The van der Waals surface area contributed by atoms with Crippen LogP contribution in [0.15, 0.2) is 45.7 Å². The van der Waals surface area contributed by atoms with Crippen LogP contribution >= 0.6 is 11.3 Å². The van der Waals surface area contributed by atoms with E-state index in [-0.39, 0.29) is 21.5 Å². The standard InChI is InChI=1S/C15H13N5O6S2/c1-2-12-17-18-15(27-12)19-28(24,25)10-5-3-9(4-6-10)16-14(21)11-7-8-13(26-11)20(22)23/h3-8H,2H2,1H3,(H,16,21)(H,18,19). The van der Waals surface area contributed by atoms with E-state index in [4.69, 9.17) is 4.42 Å². The molecule has 3 rings (SSSR count). The van der Waals surface area contributed by atoms with Gasteiger partial charge in [-0.25, -0.2) is 8.42 Å². The molecule has 0 unspecified atom stereocenters. The summed E-state index contributed by atoms with van der Waals surface area (Å²) < 4.78 is 31.9. The summed E-state index contributed by atoms with van der Waals surface area (Å²) >= 11 is 1.14. The third-order valence-corrected chi connectivity index (χ3v) is 5.88. The molecule has 2 N–H and O–H groups in total. The van der Waals surface area contributed by atoms with Crippen LogP contribution in [0.5, 0.6) is 0 Å². The van der Waals surface area contributed by atoms with Crippen LogP contribution in [0.3, 0.4) is 0 Å². The van der Waals surface area contributed by atoms with E-state index < -0.39 is 26.7 Å². The highest BCUT2D eigenvalue weighted by Crippen LogP contribution is 2.22. The van der Waals surface area contributed by atoms with Crippen LogP contribution in [0, 0.1) is 10.1 Å².